The van der Waals surface area contributed by atoms with E-state index in [1.807, 2.05) is 11.8 Å². The Morgan fingerprint density at radius 1 is 1.60 bits per heavy atom. The summed E-state index contributed by atoms with van der Waals surface area (Å²) in [7, 11) is -0.632. The minimum absolute atomic E-state index is 0.00231. The molecule has 0 amide bonds. The zero-order chi connectivity index (χ0) is 7.78. The van der Waals surface area contributed by atoms with Gasteiger partial charge in [-0.3, -0.25) is 4.21 Å². The number of thioether (sulfide) groups is 1. The van der Waals surface area contributed by atoms with Crippen LogP contribution in [0.3, 0.4) is 0 Å². The molecule has 10 heavy (non-hydrogen) atoms. The Balaban J connectivity index is 2.70. The third-order valence-electron chi connectivity index (χ3n) is 1.82. The van der Waals surface area contributed by atoms with Gasteiger partial charge in [0, 0.05) is 16.0 Å². The van der Waals surface area contributed by atoms with Gasteiger partial charge in [-0.15, -0.1) is 11.8 Å². The van der Waals surface area contributed by atoms with Crippen molar-refractivity contribution in [3.8, 4) is 0 Å². The molecule has 1 nitrogen and oxygen atoms in total. The lowest BCUT2D eigenvalue weighted by Gasteiger charge is -2.31. The van der Waals surface area contributed by atoms with Crippen LogP contribution in [0.15, 0.2) is 0 Å². The van der Waals surface area contributed by atoms with Crippen molar-refractivity contribution in [3.05, 3.63) is 0 Å². The summed E-state index contributed by atoms with van der Waals surface area (Å²) in [6.45, 7) is 6.23. The van der Waals surface area contributed by atoms with E-state index in [1.165, 1.54) is 5.75 Å². The molecule has 0 bridgehead atoms. The molecule has 2 atom stereocenters. The molecule has 60 valence electrons. The van der Waals surface area contributed by atoms with E-state index in [4.69, 9.17) is 0 Å². The quantitative estimate of drug-likeness (QED) is 0.564. The summed E-state index contributed by atoms with van der Waals surface area (Å²) in [5.74, 6) is 1.17. The second-order valence-corrected chi connectivity index (χ2v) is 7.54. The van der Waals surface area contributed by atoms with Crippen LogP contribution in [0.2, 0.25) is 0 Å². The first-order valence-corrected chi connectivity index (χ1v) is 5.78. The summed E-state index contributed by atoms with van der Waals surface area (Å²) in [6.07, 6.45) is 1.11. The van der Waals surface area contributed by atoms with Crippen molar-refractivity contribution in [1.82, 2.24) is 0 Å². The highest BCUT2D eigenvalue weighted by molar-refractivity contribution is 8.13. The van der Waals surface area contributed by atoms with Crippen molar-refractivity contribution in [2.45, 2.75) is 36.5 Å². The minimum atomic E-state index is -0.632. The standard InChI is InChI=1S/C7H14OS2/c1-6-4-5-9-7(2,3)10(6)8/h6H,4-5H2,1-3H3/t6-,10-/m0/s1. The van der Waals surface area contributed by atoms with Crippen LogP contribution in [0.25, 0.3) is 0 Å². The van der Waals surface area contributed by atoms with Gasteiger partial charge in [-0.25, -0.2) is 0 Å². The summed E-state index contributed by atoms with van der Waals surface area (Å²) < 4.78 is 11.5. The van der Waals surface area contributed by atoms with Crippen molar-refractivity contribution < 1.29 is 4.21 Å². The first-order valence-electron chi connectivity index (χ1n) is 3.58. The van der Waals surface area contributed by atoms with Crippen molar-refractivity contribution in [2.75, 3.05) is 5.75 Å². The SMILES string of the molecule is C[C@H]1CCSC(C)(C)[S@]1=O. The molecule has 1 aliphatic rings. The number of hydrogen-bond acceptors (Lipinski definition) is 2. The lowest BCUT2D eigenvalue weighted by Crippen LogP contribution is -2.34. The predicted molar refractivity (Wildman–Crippen MR) is 48.8 cm³/mol. The molecule has 1 fully saturated rings. The Hall–Kier alpha value is 0.500. The molecule has 0 aromatic rings. The maximum absolute atomic E-state index is 11.5. The van der Waals surface area contributed by atoms with Gasteiger partial charge in [0.2, 0.25) is 0 Å². The molecule has 0 N–H and O–H groups in total. The fourth-order valence-corrected chi connectivity index (χ4v) is 4.74. The molecule has 1 saturated heterocycles. The van der Waals surface area contributed by atoms with Crippen molar-refractivity contribution >= 4 is 22.6 Å². The highest BCUT2D eigenvalue weighted by Gasteiger charge is 2.33. The molecule has 0 spiro atoms. The lowest BCUT2D eigenvalue weighted by atomic mass is 10.4. The third-order valence-corrected chi connectivity index (χ3v) is 5.74. The smallest absolute Gasteiger partial charge is 0.0855 e. The molecule has 0 saturated carbocycles. The molecular weight excluding hydrogens is 164 g/mol. The maximum Gasteiger partial charge on any atom is 0.0855 e. The Morgan fingerprint density at radius 3 is 2.60 bits per heavy atom. The van der Waals surface area contributed by atoms with E-state index < -0.39 is 10.8 Å². The van der Waals surface area contributed by atoms with E-state index in [9.17, 15) is 4.21 Å². The highest BCUT2D eigenvalue weighted by Crippen LogP contribution is 2.36. The molecule has 0 aliphatic carbocycles. The van der Waals surface area contributed by atoms with E-state index in [1.54, 1.807) is 0 Å². The molecule has 0 aromatic carbocycles. The average Bonchev–Trinajstić information content (AvgIpc) is 1.83. The van der Waals surface area contributed by atoms with Gasteiger partial charge in [-0.05, 0) is 26.0 Å². The van der Waals surface area contributed by atoms with E-state index in [2.05, 4.69) is 20.8 Å². The monoisotopic (exact) mass is 178 g/mol. The number of rotatable bonds is 0. The van der Waals surface area contributed by atoms with E-state index in [-0.39, 0.29) is 4.08 Å². The highest BCUT2D eigenvalue weighted by atomic mass is 32.2. The zero-order valence-corrected chi connectivity index (χ0v) is 8.35. The summed E-state index contributed by atoms with van der Waals surface area (Å²) in [5, 5.41) is 0.399. The van der Waals surface area contributed by atoms with Crippen LogP contribution in [0.4, 0.5) is 0 Å². The molecule has 1 heterocycles. The second-order valence-electron chi connectivity index (χ2n) is 3.14. The van der Waals surface area contributed by atoms with Crippen LogP contribution in [0.5, 0.6) is 0 Å². The largest absolute Gasteiger partial charge is 0.258 e. The van der Waals surface area contributed by atoms with Crippen LogP contribution in [0.1, 0.15) is 27.2 Å². The molecule has 1 aliphatic heterocycles. The van der Waals surface area contributed by atoms with Crippen molar-refractivity contribution in [1.29, 1.82) is 0 Å². The maximum atomic E-state index is 11.5. The van der Waals surface area contributed by atoms with Gasteiger partial charge in [-0.1, -0.05) is 6.92 Å². The zero-order valence-electron chi connectivity index (χ0n) is 6.72. The van der Waals surface area contributed by atoms with Gasteiger partial charge in [0.05, 0.1) is 4.08 Å². The van der Waals surface area contributed by atoms with Crippen LogP contribution in [0, 0.1) is 0 Å². The Bertz CT molecular complexity index is 154. The van der Waals surface area contributed by atoms with Gasteiger partial charge >= 0.3 is 0 Å². The molecule has 3 heteroatoms. The van der Waals surface area contributed by atoms with E-state index in [0.29, 0.717) is 5.25 Å². The first-order chi connectivity index (χ1) is 4.54. The fraction of sp³-hybridized carbons (Fsp3) is 1.00. The third kappa shape index (κ3) is 1.56. The molecule has 0 radical (unpaired) electrons. The Kier molecular flexibility index (Phi) is 2.46. The fourth-order valence-electron chi connectivity index (χ4n) is 1.12. The summed E-state index contributed by atoms with van der Waals surface area (Å²) in [4.78, 5) is 0. The van der Waals surface area contributed by atoms with Crippen molar-refractivity contribution in [2.24, 2.45) is 0 Å². The average molecular weight is 178 g/mol. The van der Waals surface area contributed by atoms with Gasteiger partial charge in [0.25, 0.3) is 0 Å². The summed E-state index contributed by atoms with van der Waals surface area (Å²) >= 11 is 1.83. The van der Waals surface area contributed by atoms with E-state index >= 15 is 0 Å². The molecule has 0 unspecified atom stereocenters. The normalized spacial score (nSPS) is 39.5. The van der Waals surface area contributed by atoms with Gasteiger partial charge < -0.3 is 0 Å². The van der Waals surface area contributed by atoms with Gasteiger partial charge in [-0.2, -0.15) is 0 Å². The molecule has 1 rings (SSSR count). The van der Waals surface area contributed by atoms with Gasteiger partial charge in [0.1, 0.15) is 0 Å². The van der Waals surface area contributed by atoms with Gasteiger partial charge in [0.15, 0.2) is 0 Å². The van der Waals surface area contributed by atoms with Crippen LogP contribution in [-0.2, 0) is 10.8 Å². The second kappa shape index (κ2) is 2.86. The van der Waals surface area contributed by atoms with E-state index in [0.717, 1.165) is 6.42 Å². The van der Waals surface area contributed by atoms with Crippen molar-refractivity contribution in [3.63, 3.8) is 0 Å². The van der Waals surface area contributed by atoms with Crippen LogP contribution < -0.4 is 0 Å². The van der Waals surface area contributed by atoms with Crippen LogP contribution >= 0.6 is 11.8 Å². The Morgan fingerprint density at radius 2 is 2.20 bits per heavy atom. The first kappa shape index (κ1) is 8.60. The minimum Gasteiger partial charge on any atom is -0.258 e. The summed E-state index contributed by atoms with van der Waals surface area (Å²) in [5.41, 5.74) is 0. The predicted octanol–water partition coefficient (Wildman–Crippen LogP) is 2.00. The number of hydrogen-bond donors (Lipinski definition) is 0. The summed E-state index contributed by atoms with van der Waals surface area (Å²) in [6, 6.07) is 0. The topological polar surface area (TPSA) is 17.1 Å². The molecular formula is C7H14OS2. The Labute approximate surface area is 69.4 Å². The lowest BCUT2D eigenvalue weighted by molar-refractivity contribution is 0.655. The van der Waals surface area contributed by atoms with Crippen LogP contribution in [-0.4, -0.2) is 19.3 Å². The molecule has 0 aromatic heterocycles.